The summed E-state index contributed by atoms with van der Waals surface area (Å²) < 4.78 is 26.1. The number of hydrogen-bond donors (Lipinski definition) is 0. The van der Waals surface area contributed by atoms with Crippen LogP contribution in [0.3, 0.4) is 0 Å². The molecule has 0 bridgehead atoms. The molecule has 0 saturated carbocycles. The quantitative estimate of drug-likeness (QED) is 0.813. The molecule has 1 atom stereocenters. The fraction of sp³-hybridized carbons (Fsp3) is 0.529. The Morgan fingerprint density at radius 1 is 1.29 bits per heavy atom. The van der Waals surface area contributed by atoms with Gasteiger partial charge in [0, 0.05) is 36.1 Å². The van der Waals surface area contributed by atoms with Gasteiger partial charge in [0.2, 0.25) is 5.13 Å². The minimum Gasteiger partial charge on any atom is -0.344 e. The van der Waals surface area contributed by atoms with Crippen LogP contribution in [0, 0.1) is 5.82 Å². The molecule has 1 aromatic carbocycles. The molecule has 0 aliphatic carbocycles. The van der Waals surface area contributed by atoms with Gasteiger partial charge in [0.05, 0.1) is 4.75 Å². The summed E-state index contributed by atoms with van der Waals surface area (Å²) in [6.45, 7) is 5.70. The van der Waals surface area contributed by atoms with E-state index < -0.39 is 10.8 Å². The Labute approximate surface area is 148 Å². The van der Waals surface area contributed by atoms with E-state index in [1.54, 1.807) is 12.1 Å². The van der Waals surface area contributed by atoms with Crippen LogP contribution in [0.25, 0.3) is 0 Å². The third kappa shape index (κ3) is 3.37. The van der Waals surface area contributed by atoms with Gasteiger partial charge in [-0.1, -0.05) is 43.4 Å². The van der Waals surface area contributed by atoms with Crippen molar-refractivity contribution in [3.63, 3.8) is 0 Å². The van der Waals surface area contributed by atoms with E-state index in [4.69, 9.17) is 0 Å². The van der Waals surface area contributed by atoms with Gasteiger partial charge >= 0.3 is 0 Å². The molecule has 0 amide bonds. The maximum Gasteiger partial charge on any atom is 0.208 e. The number of aromatic nitrogens is 2. The topological polar surface area (TPSA) is 46.1 Å². The number of rotatable bonds is 5. The van der Waals surface area contributed by atoms with Gasteiger partial charge in [0.1, 0.15) is 10.8 Å². The van der Waals surface area contributed by atoms with Crippen LogP contribution in [0.5, 0.6) is 0 Å². The Balaban J connectivity index is 1.76. The first kappa shape index (κ1) is 17.5. The molecule has 1 fully saturated rings. The lowest BCUT2D eigenvalue weighted by Crippen LogP contribution is -2.53. The summed E-state index contributed by atoms with van der Waals surface area (Å²) in [5.74, 6) is 0.461. The van der Waals surface area contributed by atoms with Crippen molar-refractivity contribution in [2.45, 2.75) is 37.9 Å². The molecule has 1 aliphatic rings. The summed E-state index contributed by atoms with van der Waals surface area (Å²) in [5.41, 5.74) is 0.636. The molecule has 7 heteroatoms. The third-order valence-electron chi connectivity index (χ3n) is 4.82. The van der Waals surface area contributed by atoms with Crippen LogP contribution in [-0.2, 0) is 17.2 Å². The number of benzene rings is 1. The average Bonchev–Trinajstić information content (AvgIpc) is 3.06. The Morgan fingerprint density at radius 2 is 2.04 bits per heavy atom. The molecule has 1 saturated heterocycles. The van der Waals surface area contributed by atoms with E-state index in [1.807, 2.05) is 6.07 Å². The van der Waals surface area contributed by atoms with Crippen LogP contribution in [0.2, 0.25) is 0 Å². The van der Waals surface area contributed by atoms with Crippen molar-refractivity contribution >= 4 is 27.3 Å². The molecule has 2 aromatic rings. The van der Waals surface area contributed by atoms with Crippen LogP contribution in [0.1, 0.15) is 37.3 Å². The van der Waals surface area contributed by atoms with E-state index >= 15 is 0 Å². The summed E-state index contributed by atoms with van der Waals surface area (Å²) in [6, 6.07) is 6.76. The van der Waals surface area contributed by atoms with E-state index in [2.05, 4.69) is 28.9 Å². The molecule has 0 N–H and O–H groups in total. The molecule has 0 spiro atoms. The third-order valence-corrected chi connectivity index (χ3v) is 8.03. The smallest absolute Gasteiger partial charge is 0.208 e. The second-order valence-electron chi connectivity index (χ2n) is 6.11. The van der Waals surface area contributed by atoms with Crippen LogP contribution in [0.4, 0.5) is 9.52 Å². The highest BCUT2D eigenvalue weighted by atomic mass is 32.2. The first-order valence-corrected chi connectivity index (χ1v) is 10.4. The summed E-state index contributed by atoms with van der Waals surface area (Å²) in [4.78, 5) is 2.19. The number of halogens is 1. The molecule has 0 radical (unpaired) electrons. The minimum atomic E-state index is -0.794. The molecule has 2 heterocycles. The lowest BCUT2D eigenvalue weighted by Gasteiger charge is -2.40. The fourth-order valence-corrected chi connectivity index (χ4v) is 5.77. The first-order valence-electron chi connectivity index (χ1n) is 8.27. The van der Waals surface area contributed by atoms with E-state index in [9.17, 15) is 8.60 Å². The van der Waals surface area contributed by atoms with Crippen LogP contribution in [-0.4, -0.2) is 38.0 Å². The molecule has 1 aromatic heterocycles. The van der Waals surface area contributed by atoms with Crippen LogP contribution < -0.4 is 4.90 Å². The van der Waals surface area contributed by atoms with Gasteiger partial charge in [-0.2, -0.15) is 0 Å². The van der Waals surface area contributed by atoms with Crippen molar-refractivity contribution < 1.29 is 8.60 Å². The Kier molecular flexibility index (Phi) is 5.30. The first-order chi connectivity index (χ1) is 11.6. The molecule has 4 nitrogen and oxygen atoms in total. The van der Waals surface area contributed by atoms with Crippen molar-refractivity contribution in [1.82, 2.24) is 10.2 Å². The normalized spacial score (nSPS) is 20.3. The zero-order valence-electron chi connectivity index (χ0n) is 14.0. The second-order valence-corrected chi connectivity index (χ2v) is 9.11. The van der Waals surface area contributed by atoms with Crippen LogP contribution >= 0.6 is 11.3 Å². The molecule has 3 rings (SSSR count). The van der Waals surface area contributed by atoms with Crippen molar-refractivity contribution in [3.8, 4) is 0 Å². The number of anilines is 1. The van der Waals surface area contributed by atoms with Gasteiger partial charge < -0.3 is 4.90 Å². The maximum absolute atomic E-state index is 13.8. The SMILES string of the molecule is CCC1(CC)CN(c2nnc(Cc3ccccc3F)s2)CCS1=O. The largest absolute Gasteiger partial charge is 0.344 e. The lowest BCUT2D eigenvalue weighted by atomic mass is 10.0. The molecule has 24 heavy (non-hydrogen) atoms. The minimum absolute atomic E-state index is 0.157. The molecular weight excluding hydrogens is 345 g/mol. The van der Waals surface area contributed by atoms with Crippen molar-refractivity contribution in [3.05, 3.63) is 40.7 Å². The van der Waals surface area contributed by atoms with Crippen molar-refractivity contribution in [2.75, 3.05) is 23.7 Å². The molecular formula is C17H22FN3OS2. The van der Waals surface area contributed by atoms with Gasteiger partial charge in [-0.15, -0.1) is 10.2 Å². The zero-order valence-corrected chi connectivity index (χ0v) is 15.6. The van der Waals surface area contributed by atoms with Gasteiger partial charge in [0.15, 0.2) is 0 Å². The second kappa shape index (κ2) is 7.27. The predicted octanol–water partition coefficient (Wildman–Crippen LogP) is 3.40. The predicted molar refractivity (Wildman–Crippen MR) is 97.7 cm³/mol. The van der Waals surface area contributed by atoms with Gasteiger partial charge in [-0.05, 0) is 24.5 Å². The molecule has 130 valence electrons. The van der Waals surface area contributed by atoms with Gasteiger partial charge in [-0.25, -0.2) is 4.39 Å². The standard InChI is InChI=1S/C17H22FN3OS2/c1-3-17(4-2)12-21(9-10-24(17)22)16-20-19-15(23-16)11-13-7-5-6-8-14(13)18/h5-8H,3-4,9-12H2,1-2H3. The summed E-state index contributed by atoms with van der Waals surface area (Å²) in [7, 11) is -0.794. The Morgan fingerprint density at radius 3 is 2.75 bits per heavy atom. The van der Waals surface area contributed by atoms with E-state index in [0.29, 0.717) is 17.7 Å². The summed E-state index contributed by atoms with van der Waals surface area (Å²) in [6.07, 6.45) is 2.25. The van der Waals surface area contributed by atoms with E-state index in [-0.39, 0.29) is 10.6 Å². The Hall–Kier alpha value is -1.34. The van der Waals surface area contributed by atoms with E-state index in [0.717, 1.165) is 36.1 Å². The van der Waals surface area contributed by atoms with Crippen molar-refractivity contribution in [1.29, 1.82) is 0 Å². The fourth-order valence-electron chi connectivity index (χ4n) is 3.12. The summed E-state index contributed by atoms with van der Waals surface area (Å²) in [5, 5.41) is 10.2. The highest BCUT2D eigenvalue weighted by molar-refractivity contribution is 7.86. The lowest BCUT2D eigenvalue weighted by molar-refractivity contribution is 0.495. The highest BCUT2D eigenvalue weighted by Gasteiger charge is 2.39. The van der Waals surface area contributed by atoms with Gasteiger partial charge in [0.25, 0.3) is 0 Å². The van der Waals surface area contributed by atoms with Gasteiger partial charge in [-0.3, -0.25) is 4.21 Å². The molecule has 1 unspecified atom stereocenters. The Bertz CT molecular complexity index is 730. The highest BCUT2D eigenvalue weighted by Crippen LogP contribution is 2.32. The number of nitrogens with zero attached hydrogens (tertiary/aromatic N) is 3. The maximum atomic E-state index is 13.8. The monoisotopic (exact) mass is 367 g/mol. The van der Waals surface area contributed by atoms with E-state index in [1.165, 1.54) is 17.4 Å². The molecule has 1 aliphatic heterocycles. The van der Waals surface area contributed by atoms with Crippen molar-refractivity contribution in [2.24, 2.45) is 0 Å². The summed E-state index contributed by atoms with van der Waals surface area (Å²) >= 11 is 1.50. The average molecular weight is 368 g/mol. The van der Waals surface area contributed by atoms with Crippen LogP contribution in [0.15, 0.2) is 24.3 Å². The number of hydrogen-bond acceptors (Lipinski definition) is 5. The zero-order chi connectivity index (χ0) is 17.2.